The smallest absolute Gasteiger partial charge is 0.234 e. The minimum Gasteiger partial charge on any atom is -0.371 e. The molecule has 2 aromatic rings. The van der Waals surface area contributed by atoms with E-state index in [4.69, 9.17) is 11.6 Å². The predicted octanol–water partition coefficient (Wildman–Crippen LogP) is 5.06. The highest BCUT2D eigenvalue weighted by Gasteiger charge is 2.18. The molecule has 0 saturated carbocycles. The minimum atomic E-state index is 0.0292. The second-order valence-corrected chi connectivity index (χ2v) is 7.98. The van der Waals surface area contributed by atoms with Gasteiger partial charge in [0.25, 0.3) is 0 Å². The maximum Gasteiger partial charge on any atom is 0.234 e. The van der Waals surface area contributed by atoms with Gasteiger partial charge in [-0.2, -0.15) is 0 Å². The third kappa shape index (κ3) is 5.41. The number of hydrogen-bond donors (Lipinski definition) is 1. The van der Waals surface area contributed by atoms with Gasteiger partial charge < -0.3 is 10.2 Å². The van der Waals surface area contributed by atoms with Crippen molar-refractivity contribution >= 4 is 40.6 Å². The summed E-state index contributed by atoms with van der Waals surface area (Å²) < 4.78 is 0. The van der Waals surface area contributed by atoms with Crippen LogP contribution in [0.5, 0.6) is 0 Å². The third-order valence-electron chi connectivity index (χ3n) is 4.36. The summed E-state index contributed by atoms with van der Waals surface area (Å²) in [5, 5.41) is 3.70. The van der Waals surface area contributed by atoms with Gasteiger partial charge in [0.15, 0.2) is 0 Å². The van der Waals surface area contributed by atoms with Gasteiger partial charge in [-0.15, -0.1) is 11.8 Å². The van der Waals surface area contributed by atoms with E-state index in [9.17, 15) is 4.79 Å². The number of carbonyl (C=O) groups is 1. The van der Waals surface area contributed by atoms with Crippen LogP contribution in [0.25, 0.3) is 0 Å². The van der Waals surface area contributed by atoms with E-state index in [2.05, 4.69) is 29.3 Å². The summed E-state index contributed by atoms with van der Waals surface area (Å²) in [6.45, 7) is 4.53. The molecule has 132 valence electrons. The summed E-state index contributed by atoms with van der Waals surface area (Å²) in [6.07, 6.45) is 1.25. The number of rotatable bonds is 6. The summed E-state index contributed by atoms with van der Waals surface area (Å²) in [5.41, 5.74) is 3.26. The van der Waals surface area contributed by atoms with Crippen molar-refractivity contribution in [3.8, 4) is 0 Å². The molecule has 1 unspecified atom stereocenters. The van der Waals surface area contributed by atoms with Gasteiger partial charge in [-0.25, -0.2) is 0 Å². The van der Waals surface area contributed by atoms with Gasteiger partial charge in [-0.1, -0.05) is 30.7 Å². The van der Waals surface area contributed by atoms with E-state index in [1.165, 1.54) is 17.7 Å². The summed E-state index contributed by atoms with van der Waals surface area (Å²) in [6, 6.07) is 15.9. The van der Waals surface area contributed by atoms with Crippen molar-refractivity contribution in [1.82, 2.24) is 0 Å². The van der Waals surface area contributed by atoms with Gasteiger partial charge in [-0.05, 0) is 54.3 Å². The molecule has 1 aliphatic rings. The predicted molar refractivity (Wildman–Crippen MR) is 109 cm³/mol. The van der Waals surface area contributed by atoms with Crippen LogP contribution in [0.1, 0.15) is 18.9 Å². The third-order valence-corrected chi connectivity index (χ3v) is 5.61. The molecule has 1 saturated heterocycles. The molecule has 5 heteroatoms. The number of nitrogens with zero attached hydrogens (tertiary/aromatic N) is 1. The highest BCUT2D eigenvalue weighted by molar-refractivity contribution is 7.99. The Bertz CT molecular complexity index is 703. The van der Waals surface area contributed by atoms with Gasteiger partial charge >= 0.3 is 0 Å². The highest BCUT2D eigenvalue weighted by Crippen LogP contribution is 2.25. The second-order valence-electron chi connectivity index (χ2n) is 6.55. The first-order chi connectivity index (χ1) is 12.1. The fourth-order valence-electron chi connectivity index (χ4n) is 2.96. The lowest BCUT2D eigenvalue weighted by Gasteiger charge is -2.18. The SMILES string of the molecule is CC1CCN(c2ccc(NC(=O)CSCc3ccc(Cl)cc3)cc2)C1. The van der Waals surface area contributed by atoms with Crippen molar-refractivity contribution in [2.75, 3.05) is 29.1 Å². The maximum atomic E-state index is 12.1. The summed E-state index contributed by atoms with van der Waals surface area (Å²) in [5.74, 6) is 2.03. The van der Waals surface area contributed by atoms with Crippen LogP contribution in [-0.2, 0) is 10.5 Å². The molecule has 25 heavy (non-hydrogen) atoms. The lowest BCUT2D eigenvalue weighted by atomic mass is 10.2. The molecule has 0 aliphatic carbocycles. The van der Waals surface area contributed by atoms with E-state index in [0.717, 1.165) is 35.5 Å². The number of halogens is 1. The van der Waals surface area contributed by atoms with Crippen LogP contribution >= 0.6 is 23.4 Å². The molecule has 0 aromatic heterocycles. The minimum absolute atomic E-state index is 0.0292. The van der Waals surface area contributed by atoms with E-state index < -0.39 is 0 Å². The van der Waals surface area contributed by atoms with Crippen molar-refractivity contribution < 1.29 is 4.79 Å². The molecule has 1 N–H and O–H groups in total. The van der Waals surface area contributed by atoms with E-state index >= 15 is 0 Å². The van der Waals surface area contributed by atoms with E-state index in [-0.39, 0.29) is 5.91 Å². The van der Waals surface area contributed by atoms with Crippen molar-refractivity contribution in [3.63, 3.8) is 0 Å². The first-order valence-corrected chi connectivity index (χ1v) is 10.1. The average Bonchev–Trinajstić information content (AvgIpc) is 3.04. The van der Waals surface area contributed by atoms with Gasteiger partial charge in [0.1, 0.15) is 0 Å². The number of nitrogens with one attached hydrogen (secondary N) is 1. The molecular formula is C20H23ClN2OS. The number of amides is 1. The Morgan fingerprint density at radius 1 is 1.20 bits per heavy atom. The Labute approximate surface area is 158 Å². The van der Waals surface area contributed by atoms with Crippen LogP contribution in [-0.4, -0.2) is 24.7 Å². The molecule has 1 fully saturated rings. The fraction of sp³-hybridized carbons (Fsp3) is 0.350. The Morgan fingerprint density at radius 3 is 2.56 bits per heavy atom. The van der Waals surface area contributed by atoms with Crippen LogP contribution in [0.15, 0.2) is 48.5 Å². The number of anilines is 2. The zero-order chi connectivity index (χ0) is 17.6. The molecule has 0 spiro atoms. The molecular weight excluding hydrogens is 352 g/mol. The van der Waals surface area contributed by atoms with Gasteiger partial charge in [-0.3, -0.25) is 4.79 Å². The molecule has 1 aliphatic heterocycles. The lowest BCUT2D eigenvalue weighted by molar-refractivity contribution is -0.113. The summed E-state index contributed by atoms with van der Waals surface area (Å²) >= 11 is 7.47. The van der Waals surface area contributed by atoms with E-state index in [0.29, 0.717) is 5.75 Å². The zero-order valence-corrected chi connectivity index (χ0v) is 15.9. The molecule has 0 bridgehead atoms. The topological polar surface area (TPSA) is 32.3 Å². The average molecular weight is 375 g/mol. The molecule has 3 rings (SSSR count). The van der Waals surface area contributed by atoms with Crippen LogP contribution in [0.4, 0.5) is 11.4 Å². The van der Waals surface area contributed by atoms with Crippen molar-refractivity contribution in [2.24, 2.45) is 5.92 Å². The van der Waals surface area contributed by atoms with Crippen LogP contribution in [0.3, 0.4) is 0 Å². The zero-order valence-electron chi connectivity index (χ0n) is 14.4. The standard InChI is InChI=1S/C20H23ClN2OS/c1-15-10-11-23(12-15)19-8-6-18(7-9-19)22-20(24)14-25-13-16-2-4-17(21)5-3-16/h2-9,15H,10-14H2,1H3,(H,22,24). The monoisotopic (exact) mass is 374 g/mol. The Morgan fingerprint density at radius 2 is 1.92 bits per heavy atom. The largest absolute Gasteiger partial charge is 0.371 e. The highest BCUT2D eigenvalue weighted by atomic mass is 35.5. The lowest BCUT2D eigenvalue weighted by Crippen LogP contribution is -2.19. The second kappa shape index (κ2) is 8.63. The molecule has 1 amide bonds. The number of thioether (sulfide) groups is 1. The van der Waals surface area contributed by atoms with Gasteiger partial charge in [0.2, 0.25) is 5.91 Å². The van der Waals surface area contributed by atoms with Crippen molar-refractivity contribution in [2.45, 2.75) is 19.1 Å². The molecule has 1 atom stereocenters. The first kappa shape index (κ1) is 18.2. The molecule has 0 radical (unpaired) electrons. The fourth-order valence-corrected chi connectivity index (χ4v) is 3.88. The molecule has 1 heterocycles. The Hall–Kier alpha value is -1.65. The quantitative estimate of drug-likeness (QED) is 0.767. The molecule has 2 aromatic carbocycles. The Balaban J connectivity index is 1.43. The van der Waals surface area contributed by atoms with Crippen LogP contribution in [0, 0.1) is 5.92 Å². The first-order valence-electron chi connectivity index (χ1n) is 8.57. The number of hydrogen-bond acceptors (Lipinski definition) is 3. The van der Waals surface area contributed by atoms with E-state index in [1.807, 2.05) is 36.4 Å². The normalized spacial score (nSPS) is 16.9. The van der Waals surface area contributed by atoms with Crippen LogP contribution in [0.2, 0.25) is 5.02 Å². The molecule has 3 nitrogen and oxygen atoms in total. The maximum absolute atomic E-state index is 12.1. The van der Waals surface area contributed by atoms with Gasteiger partial charge in [0, 0.05) is 35.2 Å². The van der Waals surface area contributed by atoms with E-state index in [1.54, 1.807) is 11.8 Å². The van der Waals surface area contributed by atoms with Crippen molar-refractivity contribution in [1.29, 1.82) is 0 Å². The number of carbonyl (C=O) groups excluding carboxylic acids is 1. The van der Waals surface area contributed by atoms with Gasteiger partial charge in [0.05, 0.1) is 5.75 Å². The Kier molecular flexibility index (Phi) is 6.27. The summed E-state index contributed by atoms with van der Waals surface area (Å²) in [4.78, 5) is 14.5. The van der Waals surface area contributed by atoms with Crippen LogP contribution < -0.4 is 10.2 Å². The summed E-state index contributed by atoms with van der Waals surface area (Å²) in [7, 11) is 0. The number of benzene rings is 2. The van der Waals surface area contributed by atoms with Crippen molar-refractivity contribution in [3.05, 3.63) is 59.1 Å².